The van der Waals surface area contributed by atoms with Crippen LogP contribution in [0.2, 0.25) is 0 Å². The number of amides is 2. The van der Waals surface area contributed by atoms with Crippen molar-refractivity contribution in [2.75, 3.05) is 11.9 Å². The normalized spacial score (nSPS) is 13.1. The number of aromatic nitrogens is 1. The van der Waals surface area contributed by atoms with Gasteiger partial charge in [0, 0.05) is 41.1 Å². The van der Waals surface area contributed by atoms with Crippen LogP contribution in [-0.4, -0.2) is 23.3 Å². The van der Waals surface area contributed by atoms with Gasteiger partial charge in [0.05, 0.1) is 5.69 Å². The fraction of sp³-hybridized carbons (Fsp3) is 0.292. The Bertz CT molecular complexity index is 1070. The van der Waals surface area contributed by atoms with Crippen molar-refractivity contribution in [2.24, 2.45) is 5.92 Å². The van der Waals surface area contributed by atoms with E-state index in [-0.39, 0.29) is 17.7 Å². The van der Waals surface area contributed by atoms with Crippen LogP contribution in [0.25, 0.3) is 21.8 Å². The van der Waals surface area contributed by atoms with Crippen LogP contribution in [0.4, 0.5) is 5.69 Å². The zero-order valence-electron chi connectivity index (χ0n) is 17.2. The van der Waals surface area contributed by atoms with Gasteiger partial charge in [-0.25, -0.2) is 4.98 Å². The molecular weight excluding hydrogens is 394 g/mol. The van der Waals surface area contributed by atoms with Crippen molar-refractivity contribution in [3.8, 4) is 21.8 Å². The molecule has 2 N–H and O–H groups in total. The molecule has 4 rings (SSSR count). The first kappa shape index (κ1) is 20.3. The summed E-state index contributed by atoms with van der Waals surface area (Å²) in [6.45, 7) is 4.25. The van der Waals surface area contributed by atoms with Crippen molar-refractivity contribution in [1.82, 2.24) is 10.3 Å². The Kier molecular flexibility index (Phi) is 5.95. The van der Waals surface area contributed by atoms with Gasteiger partial charge in [-0.15, -0.1) is 11.3 Å². The van der Waals surface area contributed by atoms with Gasteiger partial charge in [-0.1, -0.05) is 36.4 Å². The Labute approximate surface area is 180 Å². The van der Waals surface area contributed by atoms with Crippen LogP contribution in [0.15, 0.2) is 48.5 Å². The highest BCUT2D eigenvalue weighted by Gasteiger charge is 2.29. The molecule has 5 nitrogen and oxygen atoms in total. The second-order valence-corrected chi connectivity index (χ2v) is 8.90. The molecule has 0 radical (unpaired) electrons. The molecule has 2 aromatic carbocycles. The third kappa shape index (κ3) is 4.94. The second-order valence-electron chi connectivity index (χ2n) is 7.70. The molecule has 6 heteroatoms. The second kappa shape index (κ2) is 8.79. The van der Waals surface area contributed by atoms with Crippen molar-refractivity contribution in [2.45, 2.75) is 33.1 Å². The summed E-state index contributed by atoms with van der Waals surface area (Å²) >= 11 is 1.66. The van der Waals surface area contributed by atoms with E-state index in [0.29, 0.717) is 6.54 Å². The zero-order valence-corrected chi connectivity index (χ0v) is 18.0. The van der Waals surface area contributed by atoms with E-state index >= 15 is 0 Å². The molecule has 0 saturated heterocycles. The summed E-state index contributed by atoms with van der Waals surface area (Å²) < 4.78 is 0. The third-order valence-corrected chi connectivity index (χ3v) is 6.16. The van der Waals surface area contributed by atoms with E-state index in [1.807, 2.05) is 24.3 Å². The summed E-state index contributed by atoms with van der Waals surface area (Å²) in [5.74, 6) is 0.291. The van der Waals surface area contributed by atoms with Crippen LogP contribution in [0.1, 0.15) is 30.2 Å². The van der Waals surface area contributed by atoms with Gasteiger partial charge in [-0.3, -0.25) is 9.59 Å². The SMILES string of the molecule is CC(=O)NCCc1ccc(-c2nc(-c3cccc(NC(=O)C4CC4)c3)sc2C)cc1. The smallest absolute Gasteiger partial charge is 0.227 e. The van der Waals surface area contributed by atoms with Gasteiger partial charge in [0.25, 0.3) is 0 Å². The molecule has 1 aliphatic carbocycles. The lowest BCUT2D eigenvalue weighted by Crippen LogP contribution is -2.22. The Hall–Kier alpha value is -2.99. The van der Waals surface area contributed by atoms with E-state index < -0.39 is 0 Å². The number of carbonyl (C=O) groups is 2. The summed E-state index contributed by atoms with van der Waals surface area (Å²) in [5, 5.41) is 6.77. The molecule has 1 saturated carbocycles. The lowest BCUT2D eigenvalue weighted by Gasteiger charge is -2.05. The van der Waals surface area contributed by atoms with Crippen molar-refractivity contribution in [3.05, 3.63) is 59.0 Å². The molecule has 0 atom stereocenters. The standard InChI is InChI=1S/C24H25N3O2S/c1-15-22(18-8-6-17(7-9-18)12-13-25-16(2)28)27-24(30-15)20-4-3-5-21(14-20)26-23(29)19-10-11-19/h3-9,14,19H,10-13H2,1-2H3,(H,25,28)(H,26,29). The molecule has 1 heterocycles. The summed E-state index contributed by atoms with van der Waals surface area (Å²) in [7, 11) is 0. The van der Waals surface area contributed by atoms with Gasteiger partial charge < -0.3 is 10.6 Å². The summed E-state index contributed by atoms with van der Waals surface area (Å²) in [5.41, 5.74) is 5.07. The Morgan fingerprint density at radius 2 is 1.87 bits per heavy atom. The molecule has 3 aromatic rings. The maximum atomic E-state index is 12.0. The minimum absolute atomic E-state index is 0.00609. The maximum Gasteiger partial charge on any atom is 0.227 e. The number of aryl methyl sites for hydroxylation is 1. The van der Waals surface area contributed by atoms with Gasteiger partial charge >= 0.3 is 0 Å². The number of benzene rings is 2. The van der Waals surface area contributed by atoms with E-state index in [4.69, 9.17) is 4.98 Å². The van der Waals surface area contributed by atoms with Gasteiger partial charge in [0.2, 0.25) is 11.8 Å². The van der Waals surface area contributed by atoms with Crippen LogP contribution >= 0.6 is 11.3 Å². The van der Waals surface area contributed by atoms with E-state index in [0.717, 1.165) is 51.7 Å². The lowest BCUT2D eigenvalue weighted by molar-refractivity contribution is -0.119. The van der Waals surface area contributed by atoms with Gasteiger partial charge in [0.15, 0.2) is 0 Å². The van der Waals surface area contributed by atoms with Gasteiger partial charge in [-0.2, -0.15) is 0 Å². The third-order valence-electron chi connectivity index (χ3n) is 5.14. The number of carbonyl (C=O) groups excluding carboxylic acids is 2. The molecule has 0 aliphatic heterocycles. The summed E-state index contributed by atoms with van der Waals surface area (Å²) in [4.78, 5) is 29.1. The van der Waals surface area contributed by atoms with Crippen LogP contribution in [0.3, 0.4) is 0 Å². The van der Waals surface area contributed by atoms with Crippen LogP contribution in [-0.2, 0) is 16.0 Å². The van der Waals surface area contributed by atoms with Crippen molar-refractivity contribution < 1.29 is 9.59 Å². The number of hydrogen-bond donors (Lipinski definition) is 2. The molecule has 30 heavy (non-hydrogen) atoms. The highest BCUT2D eigenvalue weighted by Crippen LogP contribution is 2.35. The van der Waals surface area contributed by atoms with Gasteiger partial charge in [0.1, 0.15) is 5.01 Å². The summed E-state index contributed by atoms with van der Waals surface area (Å²) in [6, 6.07) is 16.2. The average Bonchev–Trinajstić information content (AvgIpc) is 3.51. The maximum absolute atomic E-state index is 12.0. The highest BCUT2D eigenvalue weighted by atomic mass is 32.1. The fourth-order valence-corrected chi connectivity index (χ4v) is 4.25. The minimum atomic E-state index is -0.00609. The van der Waals surface area contributed by atoms with Crippen molar-refractivity contribution in [3.63, 3.8) is 0 Å². The number of thiazole rings is 1. The first-order chi connectivity index (χ1) is 14.5. The largest absolute Gasteiger partial charge is 0.356 e. The van der Waals surface area contributed by atoms with Crippen LogP contribution < -0.4 is 10.6 Å². The Morgan fingerprint density at radius 3 is 2.57 bits per heavy atom. The molecule has 2 amide bonds. The number of rotatable bonds is 7. The van der Waals surface area contributed by atoms with Gasteiger partial charge in [-0.05, 0) is 43.9 Å². The van der Waals surface area contributed by atoms with Crippen molar-refractivity contribution >= 4 is 28.8 Å². The molecule has 1 aliphatic rings. The predicted octanol–water partition coefficient (Wildman–Crippen LogP) is 4.81. The van der Waals surface area contributed by atoms with E-state index in [2.05, 4.69) is 41.8 Å². The monoisotopic (exact) mass is 419 g/mol. The minimum Gasteiger partial charge on any atom is -0.356 e. The Morgan fingerprint density at radius 1 is 1.10 bits per heavy atom. The molecule has 154 valence electrons. The highest BCUT2D eigenvalue weighted by molar-refractivity contribution is 7.15. The zero-order chi connectivity index (χ0) is 21.1. The fourth-order valence-electron chi connectivity index (χ4n) is 3.32. The average molecular weight is 420 g/mol. The quantitative estimate of drug-likeness (QED) is 0.577. The number of nitrogens with one attached hydrogen (secondary N) is 2. The molecule has 1 fully saturated rings. The molecule has 0 bridgehead atoms. The van der Waals surface area contributed by atoms with Crippen LogP contribution in [0, 0.1) is 12.8 Å². The first-order valence-corrected chi connectivity index (χ1v) is 11.0. The number of anilines is 1. The molecule has 0 spiro atoms. The van der Waals surface area contributed by atoms with Crippen molar-refractivity contribution in [1.29, 1.82) is 0 Å². The lowest BCUT2D eigenvalue weighted by atomic mass is 10.1. The van der Waals surface area contributed by atoms with E-state index in [9.17, 15) is 9.59 Å². The summed E-state index contributed by atoms with van der Waals surface area (Å²) in [6.07, 6.45) is 2.79. The first-order valence-electron chi connectivity index (χ1n) is 10.2. The number of hydrogen-bond acceptors (Lipinski definition) is 4. The van der Waals surface area contributed by atoms with E-state index in [1.54, 1.807) is 11.3 Å². The van der Waals surface area contributed by atoms with E-state index in [1.165, 1.54) is 12.5 Å². The van der Waals surface area contributed by atoms with Crippen LogP contribution in [0.5, 0.6) is 0 Å². The molecule has 0 unspecified atom stereocenters. The molecular formula is C24H25N3O2S. The number of nitrogens with zero attached hydrogens (tertiary/aromatic N) is 1. The topological polar surface area (TPSA) is 71.1 Å². The predicted molar refractivity (Wildman–Crippen MR) is 121 cm³/mol. The Balaban J connectivity index is 1.49. The molecule has 1 aromatic heterocycles.